The number of nitrogens with zero attached hydrogens (tertiary/aromatic N) is 2. The van der Waals surface area contributed by atoms with Gasteiger partial charge in [0.05, 0.1) is 13.0 Å². The number of carbonyl (C=O) groups excluding carboxylic acids is 1. The zero-order valence-electron chi connectivity index (χ0n) is 9.90. The summed E-state index contributed by atoms with van der Waals surface area (Å²) >= 11 is 1.41. The van der Waals surface area contributed by atoms with Crippen molar-refractivity contribution in [3.63, 3.8) is 0 Å². The molecule has 0 unspecified atom stereocenters. The van der Waals surface area contributed by atoms with Crippen LogP contribution >= 0.6 is 11.8 Å². The second-order valence-corrected chi connectivity index (χ2v) is 3.92. The third-order valence-electron chi connectivity index (χ3n) is 1.85. The molecule has 0 aliphatic rings. The molecule has 7 heteroatoms. The number of thioether (sulfide) groups is 1. The second-order valence-electron chi connectivity index (χ2n) is 3.15. The number of anilines is 2. The van der Waals surface area contributed by atoms with E-state index >= 15 is 0 Å². The van der Waals surface area contributed by atoms with Gasteiger partial charge in [0.15, 0.2) is 5.16 Å². The van der Waals surface area contributed by atoms with Crippen LogP contribution in [0, 0.1) is 0 Å². The van der Waals surface area contributed by atoms with Crippen LogP contribution in [0.1, 0.15) is 13.3 Å². The first-order chi connectivity index (χ1) is 8.15. The van der Waals surface area contributed by atoms with Crippen LogP contribution in [0.3, 0.4) is 0 Å². The highest BCUT2D eigenvalue weighted by atomic mass is 32.2. The van der Waals surface area contributed by atoms with Gasteiger partial charge in [-0.1, -0.05) is 11.8 Å². The van der Waals surface area contributed by atoms with E-state index in [9.17, 15) is 4.79 Å². The molecule has 1 heterocycles. The largest absolute Gasteiger partial charge is 0.466 e. The van der Waals surface area contributed by atoms with Crippen LogP contribution < -0.4 is 11.1 Å². The first-order valence-electron chi connectivity index (χ1n) is 5.23. The van der Waals surface area contributed by atoms with Crippen LogP contribution in [0.15, 0.2) is 11.2 Å². The number of nitrogens with two attached hydrogens (primary N) is 1. The van der Waals surface area contributed by atoms with Gasteiger partial charge in [-0.05, 0) is 13.2 Å². The van der Waals surface area contributed by atoms with E-state index in [1.165, 1.54) is 11.8 Å². The zero-order valence-corrected chi connectivity index (χ0v) is 10.7. The number of carbonyl (C=O) groups is 1. The Kier molecular flexibility index (Phi) is 5.55. The van der Waals surface area contributed by atoms with Gasteiger partial charge < -0.3 is 15.8 Å². The Bertz CT molecular complexity index is 387. The van der Waals surface area contributed by atoms with Gasteiger partial charge in [-0.15, -0.1) is 0 Å². The third-order valence-corrected chi connectivity index (χ3v) is 2.40. The van der Waals surface area contributed by atoms with E-state index in [1.54, 1.807) is 13.0 Å². The molecular weight excluding hydrogens is 240 g/mol. The zero-order chi connectivity index (χ0) is 12.7. The van der Waals surface area contributed by atoms with Crippen LogP contribution in [0.25, 0.3) is 0 Å². The van der Waals surface area contributed by atoms with Gasteiger partial charge >= 0.3 is 5.97 Å². The topological polar surface area (TPSA) is 90.1 Å². The smallest absolute Gasteiger partial charge is 0.307 e. The fourth-order valence-corrected chi connectivity index (χ4v) is 1.54. The van der Waals surface area contributed by atoms with Gasteiger partial charge in [0.25, 0.3) is 0 Å². The summed E-state index contributed by atoms with van der Waals surface area (Å²) in [5, 5.41) is 3.60. The van der Waals surface area contributed by atoms with Crippen molar-refractivity contribution in [2.24, 2.45) is 0 Å². The van der Waals surface area contributed by atoms with Crippen molar-refractivity contribution in [2.45, 2.75) is 18.5 Å². The van der Waals surface area contributed by atoms with E-state index < -0.39 is 0 Å². The fourth-order valence-electron chi connectivity index (χ4n) is 1.15. The van der Waals surface area contributed by atoms with E-state index in [0.717, 1.165) is 0 Å². The van der Waals surface area contributed by atoms with Crippen molar-refractivity contribution in [2.75, 3.05) is 30.5 Å². The van der Waals surface area contributed by atoms with Gasteiger partial charge in [0.2, 0.25) is 0 Å². The predicted octanol–water partition coefficient (Wildman–Crippen LogP) is 1.15. The molecule has 3 N–H and O–H groups in total. The summed E-state index contributed by atoms with van der Waals surface area (Å²) < 4.78 is 4.81. The van der Waals surface area contributed by atoms with Crippen molar-refractivity contribution in [3.05, 3.63) is 6.07 Å². The van der Waals surface area contributed by atoms with E-state index in [2.05, 4.69) is 15.3 Å². The highest BCUT2D eigenvalue weighted by Crippen LogP contribution is 2.14. The molecular formula is C10H16N4O2S. The average Bonchev–Trinajstić information content (AvgIpc) is 2.28. The lowest BCUT2D eigenvalue weighted by Crippen LogP contribution is -2.12. The number of aromatic nitrogens is 2. The number of hydrogen-bond acceptors (Lipinski definition) is 7. The molecule has 94 valence electrons. The number of ether oxygens (including phenoxy) is 1. The molecule has 0 aromatic carbocycles. The van der Waals surface area contributed by atoms with Crippen molar-refractivity contribution >= 4 is 29.4 Å². The molecule has 0 atom stereocenters. The molecule has 0 aliphatic heterocycles. The standard InChI is InChI=1S/C10H16N4O2S/c1-3-16-9(15)4-5-12-8-6-7(11)13-10(14-8)17-2/h6H,3-5H2,1-2H3,(H3,11,12,13,14). The molecule has 1 aromatic heterocycles. The molecule has 0 aliphatic carbocycles. The predicted molar refractivity (Wildman–Crippen MR) is 68.0 cm³/mol. The normalized spacial score (nSPS) is 10.0. The molecule has 1 rings (SSSR count). The lowest BCUT2D eigenvalue weighted by atomic mass is 10.4. The summed E-state index contributed by atoms with van der Waals surface area (Å²) in [6, 6.07) is 1.63. The molecule has 0 spiro atoms. The van der Waals surface area contributed by atoms with Crippen molar-refractivity contribution in [1.29, 1.82) is 0 Å². The van der Waals surface area contributed by atoms with E-state index in [4.69, 9.17) is 10.5 Å². The summed E-state index contributed by atoms with van der Waals surface area (Å²) in [6.07, 6.45) is 2.17. The van der Waals surface area contributed by atoms with Gasteiger partial charge in [-0.25, -0.2) is 9.97 Å². The van der Waals surface area contributed by atoms with Crippen molar-refractivity contribution in [1.82, 2.24) is 9.97 Å². The number of rotatable bonds is 6. The highest BCUT2D eigenvalue weighted by molar-refractivity contribution is 7.98. The Balaban J connectivity index is 2.46. The Morgan fingerprint density at radius 1 is 1.59 bits per heavy atom. The Morgan fingerprint density at radius 3 is 3.00 bits per heavy atom. The second kappa shape index (κ2) is 6.95. The summed E-state index contributed by atoms with van der Waals surface area (Å²) in [6.45, 7) is 2.64. The lowest BCUT2D eigenvalue weighted by molar-refractivity contribution is -0.142. The quantitative estimate of drug-likeness (QED) is 0.448. The molecule has 0 saturated heterocycles. The Labute approximate surface area is 104 Å². The summed E-state index contributed by atoms with van der Waals surface area (Å²) in [5.74, 6) is 0.793. The lowest BCUT2D eigenvalue weighted by Gasteiger charge is -2.07. The minimum Gasteiger partial charge on any atom is -0.466 e. The maximum atomic E-state index is 11.1. The van der Waals surface area contributed by atoms with Crippen LogP contribution in [0.4, 0.5) is 11.6 Å². The number of esters is 1. The SMILES string of the molecule is CCOC(=O)CCNc1cc(N)nc(SC)n1. The minimum absolute atomic E-state index is 0.230. The van der Waals surface area contributed by atoms with E-state index in [-0.39, 0.29) is 5.97 Å². The molecule has 17 heavy (non-hydrogen) atoms. The molecule has 0 fully saturated rings. The Hall–Kier alpha value is -1.50. The molecule has 1 aromatic rings. The molecule has 0 radical (unpaired) electrons. The summed E-state index contributed by atoms with van der Waals surface area (Å²) in [5.41, 5.74) is 5.62. The van der Waals surface area contributed by atoms with Gasteiger partial charge in [-0.2, -0.15) is 0 Å². The maximum Gasteiger partial charge on any atom is 0.307 e. The summed E-state index contributed by atoms with van der Waals surface area (Å²) in [7, 11) is 0. The average molecular weight is 256 g/mol. The fraction of sp³-hybridized carbons (Fsp3) is 0.500. The first kappa shape index (κ1) is 13.6. The van der Waals surface area contributed by atoms with E-state index in [1.807, 2.05) is 6.26 Å². The molecule has 0 amide bonds. The third kappa shape index (κ3) is 4.90. The van der Waals surface area contributed by atoms with E-state index in [0.29, 0.717) is 36.4 Å². The summed E-state index contributed by atoms with van der Waals surface area (Å²) in [4.78, 5) is 19.3. The Morgan fingerprint density at radius 2 is 2.35 bits per heavy atom. The minimum atomic E-state index is -0.230. The first-order valence-corrected chi connectivity index (χ1v) is 6.46. The van der Waals surface area contributed by atoms with Crippen LogP contribution in [0.2, 0.25) is 0 Å². The van der Waals surface area contributed by atoms with Gasteiger partial charge in [-0.3, -0.25) is 4.79 Å². The number of nitrogens with one attached hydrogen (secondary N) is 1. The molecule has 6 nitrogen and oxygen atoms in total. The number of nitrogen functional groups attached to an aromatic ring is 1. The van der Waals surface area contributed by atoms with Gasteiger partial charge in [0.1, 0.15) is 11.6 Å². The highest BCUT2D eigenvalue weighted by Gasteiger charge is 2.04. The maximum absolute atomic E-state index is 11.1. The van der Waals surface area contributed by atoms with Crippen molar-refractivity contribution in [3.8, 4) is 0 Å². The van der Waals surface area contributed by atoms with Crippen LogP contribution in [0.5, 0.6) is 0 Å². The monoisotopic (exact) mass is 256 g/mol. The van der Waals surface area contributed by atoms with Crippen LogP contribution in [-0.4, -0.2) is 35.3 Å². The van der Waals surface area contributed by atoms with Crippen molar-refractivity contribution < 1.29 is 9.53 Å². The van der Waals surface area contributed by atoms with Crippen LogP contribution in [-0.2, 0) is 9.53 Å². The molecule has 0 saturated carbocycles. The van der Waals surface area contributed by atoms with Gasteiger partial charge in [0, 0.05) is 12.6 Å². The molecule has 0 bridgehead atoms. The number of hydrogen-bond donors (Lipinski definition) is 2.